The highest BCUT2D eigenvalue weighted by Crippen LogP contribution is 2.30. The maximum atomic E-state index is 12.6. The number of anilines is 17. The van der Waals surface area contributed by atoms with Gasteiger partial charge in [0.25, 0.3) is 23.6 Å². The molecule has 1 aliphatic heterocycles. The minimum Gasteiger partial charge on any atom is -0.494 e. The number of aromatic nitrogens is 14. The lowest BCUT2D eigenvalue weighted by molar-refractivity contribution is -0.115. The van der Waals surface area contributed by atoms with E-state index in [1.54, 1.807) is 153 Å². The van der Waals surface area contributed by atoms with Crippen molar-refractivity contribution in [2.24, 2.45) is 0 Å². The monoisotopic (exact) mass is 2040 g/mol. The maximum absolute atomic E-state index is 12.6. The van der Waals surface area contributed by atoms with E-state index in [1.165, 1.54) is 117 Å². The Bertz CT molecular complexity index is 6490. The summed E-state index contributed by atoms with van der Waals surface area (Å²) in [6.45, 7) is 21.4. The molecule has 14 aromatic rings. The molecule has 0 bridgehead atoms. The molecule has 0 radical (unpaired) electrons. The SMILES string of the molecule is CC.CC(=O)Nc1cc(Nc2ccccc2)nc(NC(C)=O)n1.CC(=O)Nc1cc(Oc2ccccc2)nc(NC(C)=O)n1.CCCCOc1ccc(Oc2cc(NC(C)=O)nc(NC(C)=O)n2)cc1.CCOC(=O)c1ccc(Nc2cc(NC(C)=O)nc(NC(C)=O)n2)cc1.O=C(Nc1cc(N2CCCCC2)nc(NC(=O)c2ccccc2)n1)c1ccccc1.O=C(Nc1ccnc(NC(=O)c2ccncc2)n1)c1ccncc1. The summed E-state index contributed by atoms with van der Waals surface area (Å²) < 4.78 is 21.8. The van der Waals surface area contributed by atoms with Gasteiger partial charge in [-0.25, -0.2) is 9.78 Å². The van der Waals surface area contributed by atoms with Crippen LogP contribution in [0, 0.1) is 0 Å². The molecule has 1 saturated heterocycles. The number of benzene rings is 6. The number of carbonyl (C=O) groups excluding carboxylic acids is 13. The molecule has 0 atom stereocenters. The van der Waals surface area contributed by atoms with Gasteiger partial charge in [0.1, 0.15) is 69.6 Å². The first kappa shape index (κ1) is 114. The van der Waals surface area contributed by atoms with Crippen molar-refractivity contribution in [2.75, 3.05) is 106 Å². The third-order valence-electron chi connectivity index (χ3n) is 18.7. The molecule has 1 fully saturated rings. The van der Waals surface area contributed by atoms with Crippen LogP contribution in [0.1, 0.15) is 167 Å². The van der Waals surface area contributed by atoms with Crippen molar-refractivity contribution in [3.05, 3.63) is 289 Å². The molecule has 1 aliphatic rings. The van der Waals surface area contributed by atoms with Crippen LogP contribution in [0.15, 0.2) is 262 Å². The molecule has 0 unspecified atom stereocenters. The Morgan fingerprint density at radius 1 is 0.293 bits per heavy atom. The minimum atomic E-state index is -0.401. The van der Waals surface area contributed by atoms with Gasteiger partial charge in [-0.2, -0.15) is 54.8 Å². The molecule has 12 amide bonds. The molecule has 0 spiro atoms. The van der Waals surface area contributed by atoms with Gasteiger partial charge in [-0.1, -0.05) is 100.0 Å². The van der Waals surface area contributed by atoms with Crippen LogP contribution >= 0.6 is 0 Å². The Morgan fingerprint density at radius 3 is 1.05 bits per heavy atom. The molecule has 46 nitrogen and oxygen atoms in total. The Morgan fingerprint density at radius 2 is 0.633 bits per heavy atom. The maximum Gasteiger partial charge on any atom is 0.338 e. The van der Waals surface area contributed by atoms with E-state index < -0.39 is 5.97 Å². The van der Waals surface area contributed by atoms with Crippen LogP contribution in [0.2, 0.25) is 0 Å². The number of unbranched alkanes of at least 4 members (excludes halogenated alkanes) is 1. The molecule has 0 aliphatic carbocycles. The summed E-state index contributed by atoms with van der Waals surface area (Å²) in [5, 5.41) is 36.9. The van der Waals surface area contributed by atoms with Crippen LogP contribution in [0.25, 0.3) is 0 Å². The fourth-order valence-electron chi connectivity index (χ4n) is 12.4. The number of hydrogen-bond acceptors (Lipinski definition) is 34. The van der Waals surface area contributed by atoms with E-state index in [1.807, 2.05) is 74.5 Å². The first-order valence-corrected chi connectivity index (χ1v) is 46.7. The first-order valence-electron chi connectivity index (χ1n) is 46.7. The molecule has 46 heteroatoms. The van der Waals surface area contributed by atoms with E-state index in [-0.39, 0.29) is 142 Å². The molecule has 8 aromatic heterocycles. The van der Waals surface area contributed by atoms with E-state index in [2.05, 4.69) is 156 Å². The number of amides is 12. The summed E-state index contributed by atoms with van der Waals surface area (Å²) in [5.41, 5.74) is 3.84. The van der Waals surface area contributed by atoms with Crippen molar-refractivity contribution in [1.82, 2.24) is 69.8 Å². The second kappa shape index (κ2) is 60.4. The highest BCUT2D eigenvalue weighted by molar-refractivity contribution is 6.07. The van der Waals surface area contributed by atoms with Crippen LogP contribution in [0.4, 0.5) is 99.4 Å². The van der Waals surface area contributed by atoms with Gasteiger partial charge in [0.2, 0.25) is 94.7 Å². The van der Waals surface area contributed by atoms with E-state index in [0.717, 1.165) is 50.2 Å². The molecule has 14 N–H and O–H groups in total. The summed E-state index contributed by atoms with van der Waals surface area (Å²) in [6, 6.07) is 65.6. The van der Waals surface area contributed by atoms with Gasteiger partial charge >= 0.3 is 5.97 Å². The second-order valence-corrected chi connectivity index (χ2v) is 31.1. The predicted molar refractivity (Wildman–Crippen MR) is 566 cm³/mol. The second-order valence-electron chi connectivity index (χ2n) is 31.1. The summed E-state index contributed by atoms with van der Waals surface area (Å²) in [7, 11) is 0. The standard InChI is InChI=1S/C23H23N5O2.C18H22N4O4.C17H19N5O4.C16H12N6O2.C14H15N5O2.C14H14N4O3.C2H6/c29-21(17-10-4-1-5-11-17)24-19-16-20(28-14-8-3-9-15-28)26-23(25-19)27-22(30)18-12-6-2-7-13-18;1-4-5-10-25-14-6-8-15(9-7-14)26-17-11-16(19-12(2)23)21-18(22-17)20-13(3)24;1-4-26-16(25)12-5-7-13(8-6-12)20-15-9-14(18-10(2)23)21-17(22-15)19-11(3)24;23-14(11-1-6-17-7-2-11)20-13-5-10-19-16(21-13)22-15(24)12-3-8-18-9-4-12;1-9(20)15-12-8-13(17-11-6-4-3-5-7-11)19-14(18-12)16-10(2)21;1-9(19)15-12-8-13(18-14(17-12)16-10(2)20)21-11-6-4-3-5-7-11;1-2/h1-2,4-7,10-13,16H,3,8-9,14-15H2,(H2,24,25,26,27,29,30);6-9,11H,4-5,10H2,1-3H3,(H2,19,20,21,22,23,24);5-9H,4H2,1-3H3,(H3,18,19,20,21,22,23,24);1-10H,(H2,19,20,21,22,23,24);3-8H,1-2H3,(H3,15,16,17,18,19,20,21);3-8H,1-2H3,(H2,15,16,17,18,19,20);1-2H3. The average Bonchev–Trinajstić information content (AvgIpc) is 0.822. The van der Waals surface area contributed by atoms with Gasteiger partial charge in [0.05, 0.1) is 18.8 Å². The zero-order valence-electron chi connectivity index (χ0n) is 83.8. The van der Waals surface area contributed by atoms with Crippen molar-refractivity contribution in [1.29, 1.82) is 0 Å². The van der Waals surface area contributed by atoms with E-state index in [9.17, 15) is 62.3 Å². The van der Waals surface area contributed by atoms with Crippen molar-refractivity contribution < 1.29 is 81.3 Å². The van der Waals surface area contributed by atoms with E-state index in [4.69, 9.17) is 18.9 Å². The Labute approximate surface area is 862 Å². The number of nitrogens with zero attached hydrogens (tertiary/aromatic N) is 15. The van der Waals surface area contributed by atoms with E-state index >= 15 is 0 Å². The van der Waals surface area contributed by atoms with Gasteiger partial charge in [-0.05, 0) is 160 Å². The number of piperidine rings is 1. The van der Waals surface area contributed by atoms with Gasteiger partial charge in [0.15, 0.2) is 0 Å². The Hall–Kier alpha value is -20.0. The Kier molecular flexibility index (Phi) is 45.8. The van der Waals surface area contributed by atoms with Gasteiger partial charge < -0.3 is 66.4 Å². The largest absolute Gasteiger partial charge is 0.494 e. The van der Waals surface area contributed by atoms with Crippen molar-refractivity contribution >= 4 is 176 Å². The average molecular weight is 2040 g/mol. The molecule has 0 saturated carbocycles. The van der Waals surface area contributed by atoms with Crippen molar-refractivity contribution in [2.45, 2.75) is 115 Å². The van der Waals surface area contributed by atoms with Crippen LogP contribution < -0.4 is 93.5 Å². The summed E-state index contributed by atoms with van der Waals surface area (Å²) >= 11 is 0. The van der Waals surface area contributed by atoms with Crippen LogP contribution in [0.3, 0.4) is 0 Å². The van der Waals surface area contributed by atoms with Crippen LogP contribution in [-0.2, 0) is 43.1 Å². The van der Waals surface area contributed by atoms with E-state index in [0.29, 0.717) is 87.3 Å². The van der Waals surface area contributed by atoms with Crippen LogP contribution in [-0.4, -0.2) is 173 Å². The molecular formula is C104H111N29O17. The van der Waals surface area contributed by atoms with Gasteiger partial charge in [-0.3, -0.25) is 99.4 Å². The fourth-order valence-corrected chi connectivity index (χ4v) is 12.4. The number of esters is 1. The predicted octanol–water partition coefficient (Wildman–Crippen LogP) is 16.8. The van der Waals surface area contributed by atoms with Gasteiger partial charge in [0, 0.05) is 163 Å². The summed E-state index contributed by atoms with van der Waals surface area (Å²) in [4.78, 5) is 210. The normalized spacial score (nSPS) is 10.6. The third-order valence-corrected chi connectivity index (χ3v) is 18.7. The highest BCUT2D eigenvalue weighted by Gasteiger charge is 2.22. The molecule has 6 aromatic carbocycles. The summed E-state index contributed by atoms with van der Waals surface area (Å²) in [5.74, 6) is 1.86. The zero-order valence-corrected chi connectivity index (χ0v) is 83.8. The van der Waals surface area contributed by atoms with Crippen molar-refractivity contribution in [3.8, 4) is 29.0 Å². The molecule has 150 heavy (non-hydrogen) atoms. The molecule has 9 heterocycles. The number of nitrogens with one attached hydrogen (secondary N) is 14. The number of ether oxygens (including phenoxy) is 4. The number of hydrogen-bond donors (Lipinski definition) is 14. The lowest BCUT2D eigenvalue weighted by atomic mass is 10.1. The van der Waals surface area contributed by atoms with Crippen LogP contribution in [0.5, 0.6) is 29.0 Å². The molecule has 774 valence electrons. The number of rotatable bonds is 31. The summed E-state index contributed by atoms with van der Waals surface area (Å²) in [6.07, 6.45) is 12.9. The third kappa shape index (κ3) is 41.9. The smallest absolute Gasteiger partial charge is 0.338 e. The number of para-hydroxylation sites is 2. The molecular weight excluding hydrogens is 1930 g/mol. The lowest BCUT2D eigenvalue weighted by Crippen LogP contribution is -2.31. The first-order chi connectivity index (χ1) is 72.3. The van der Waals surface area contributed by atoms with Gasteiger partial charge in [-0.15, -0.1) is 0 Å². The molecule has 15 rings (SSSR count). The number of carbonyl (C=O) groups is 13. The zero-order chi connectivity index (χ0) is 108. The quantitative estimate of drug-likeness (QED) is 0.0142. The Balaban J connectivity index is 0.000000200. The number of pyridine rings is 2. The lowest BCUT2D eigenvalue weighted by Gasteiger charge is -2.28. The minimum absolute atomic E-state index is 0.0401. The van der Waals surface area contributed by atoms with Crippen molar-refractivity contribution in [3.63, 3.8) is 0 Å². The topological polar surface area (TPSA) is 611 Å². The fraction of sp³-hybridized carbons (Fsp3) is 0.202. The highest BCUT2D eigenvalue weighted by atomic mass is 16.5.